The van der Waals surface area contributed by atoms with Gasteiger partial charge < -0.3 is 9.47 Å². The first-order chi connectivity index (χ1) is 15.2. The van der Waals surface area contributed by atoms with E-state index in [1.165, 1.54) is 22.6 Å². The van der Waals surface area contributed by atoms with Crippen LogP contribution in [0.2, 0.25) is 0 Å². The van der Waals surface area contributed by atoms with E-state index >= 15 is 0 Å². The maximum absolute atomic E-state index is 5.81. The predicted molar refractivity (Wildman–Crippen MR) is 133 cm³/mol. The van der Waals surface area contributed by atoms with Gasteiger partial charge in [-0.2, -0.15) is 0 Å². The van der Waals surface area contributed by atoms with E-state index < -0.39 is 7.92 Å². The molecule has 3 aromatic rings. The van der Waals surface area contributed by atoms with Crippen LogP contribution in [0.15, 0.2) is 91.0 Å². The fraction of sp³-hybridized carbons (Fsp3) is 0.333. The summed E-state index contributed by atoms with van der Waals surface area (Å²) in [6.45, 7) is 1.42. The van der Waals surface area contributed by atoms with Crippen LogP contribution in [-0.4, -0.2) is 30.0 Å². The normalized spacial score (nSPS) is 25.6. The highest BCUT2D eigenvalue weighted by Gasteiger charge is 2.60. The Hall–Kier alpha value is -1.51. The van der Waals surface area contributed by atoms with Crippen molar-refractivity contribution in [3.8, 4) is 0 Å². The molecular formula is C27H28BrO2P. The number of halogens is 1. The number of hydrogen-bond donors (Lipinski definition) is 0. The molecule has 0 spiro atoms. The number of alkyl halides is 1. The average molecular weight is 495 g/mol. The Labute approximate surface area is 194 Å². The summed E-state index contributed by atoms with van der Waals surface area (Å²) < 4.78 is 11.6. The van der Waals surface area contributed by atoms with Crippen molar-refractivity contribution in [2.24, 2.45) is 0 Å². The van der Waals surface area contributed by atoms with Gasteiger partial charge in [0, 0.05) is 4.32 Å². The molecule has 2 atom stereocenters. The van der Waals surface area contributed by atoms with Crippen LogP contribution in [0.3, 0.4) is 0 Å². The van der Waals surface area contributed by atoms with Gasteiger partial charge in [0.15, 0.2) is 6.29 Å². The molecule has 0 N–H and O–H groups in total. The Bertz CT molecular complexity index is 936. The molecule has 0 aromatic heterocycles. The van der Waals surface area contributed by atoms with Gasteiger partial charge in [-0.25, -0.2) is 0 Å². The van der Waals surface area contributed by atoms with Crippen LogP contribution in [0, 0.1) is 0 Å². The third-order valence-corrected chi connectivity index (χ3v) is 11.7. The van der Waals surface area contributed by atoms with Gasteiger partial charge in [0.05, 0.1) is 18.4 Å². The highest BCUT2D eigenvalue weighted by molar-refractivity contribution is 9.10. The monoisotopic (exact) mass is 494 g/mol. The molecule has 3 aromatic carbocycles. The van der Waals surface area contributed by atoms with Crippen LogP contribution in [-0.2, 0) is 14.6 Å². The van der Waals surface area contributed by atoms with Crippen molar-refractivity contribution in [2.75, 3.05) is 19.4 Å². The van der Waals surface area contributed by atoms with E-state index in [2.05, 4.69) is 107 Å². The van der Waals surface area contributed by atoms with Crippen LogP contribution in [0.4, 0.5) is 0 Å². The molecule has 2 aliphatic heterocycles. The first-order valence-electron chi connectivity index (χ1n) is 11.1. The largest absolute Gasteiger partial charge is 0.350 e. The van der Waals surface area contributed by atoms with Gasteiger partial charge in [-0.1, -0.05) is 115 Å². The number of benzene rings is 3. The molecule has 0 bridgehead atoms. The van der Waals surface area contributed by atoms with Gasteiger partial charge in [-0.3, -0.25) is 0 Å². The lowest BCUT2D eigenvalue weighted by atomic mass is 9.76. The topological polar surface area (TPSA) is 18.5 Å². The summed E-state index contributed by atoms with van der Waals surface area (Å²) in [6, 6.07) is 33.5. The van der Waals surface area contributed by atoms with E-state index in [1.54, 1.807) is 0 Å². The van der Waals surface area contributed by atoms with E-state index in [-0.39, 0.29) is 15.8 Å². The molecule has 2 fully saturated rings. The number of rotatable bonds is 6. The lowest BCUT2D eigenvalue weighted by Gasteiger charge is -2.47. The zero-order valence-corrected chi connectivity index (χ0v) is 20.1. The molecule has 2 heterocycles. The second-order valence-corrected chi connectivity index (χ2v) is 12.4. The molecule has 2 aliphatic rings. The molecule has 0 aliphatic carbocycles. The first-order valence-corrected chi connectivity index (χ1v) is 13.4. The molecule has 5 rings (SSSR count). The third-order valence-electron chi connectivity index (χ3n) is 6.70. The lowest BCUT2D eigenvalue weighted by molar-refractivity contribution is -0.0495. The van der Waals surface area contributed by atoms with E-state index in [1.807, 2.05) is 0 Å². The van der Waals surface area contributed by atoms with Crippen molar-refractivity contribution in [3.05, 3.63) is 102 Å². The lowest BCUT2D eigenvalue weighted by Crippen LogP contribution is -2.44. The smallest absolute Gasteiger partial charge is 0.157 e. The van der Waals surface area contributed by atoms with Gasteiger partial charge in [-0.05, 0) is 41.9 Å². The minimum absolute atomic E-state index is 0.0699. The van der Waals surface area contributed by atoms with Gasteiger partial charge in [0.2, 0.25) is 0 Å². The molecule has 31 heavy (non-hydrogen) atoms. The van der Waals surface area contributed by atoms with Crippen molar-refractivity contribution >= 4 is 29.2 Å². The van der Waals surface area contributed by atoms with Crippen LogP contribution in [0.25, 0.3) is 0 Å². The second kappa shape index (κ2) is 9.16. The molecule has 0 radical (unpaired) electrons. The van der Waals surface area contributed by atoms with Gasteiger partial charge in [0.1, 0.15) is 0 Å². The third kappa shape index (κ3) is 3.80. The van der Waals surface area contributed by atoms with Gasteiger partial charge in [0.25, 0.3) is 0 Å². The maximum Gasteiger partial charge on any atom is 0.157 e. The molecule has 2 saturated heterocycles. The molecule has 2 nitrogen and oxygen atoms in total. The summed E-state index contributed by atoms with van der Waals surface area (Å²) in [4.78, 5) is 0. The summed E-state index contributed by atoms with van der Waals surface area (Å²) in [5, 5.41) is 1.35. The summed E-state index contributed by atoms with van der Waals surface area (Å²) in [5.41, 5.74) is 2.80. The highest BCUT2D eigenvalue weighted by Crippen LogP contribution is 2.73. The Morgan fingerprint density at radius 3 is 1.84 bits per heavy atom. The first kappa shape index (κ1) is 21.3. The van der Waals surface area contributed by atoms with Crippen LogP contribution in [0.1, 0.15) is 30.4 Å². The fourth-order valence-corrected chi connectivity index (χ4v) is 11.0. The molecule has 0 saturated carbocycles. The highest BCUT2D eigenvalue weighted by atomic mass is 79.9. The molecular weight excluding hydrogens is 467 g/mol. The molecule has 4 heteroatoms. The molecule has 2 unspecified atom stereocenters. The Kier molecular flexibility index (Phi) is 6.30. The molecule has 0 amide bonds. The van der Waals surface area contributed by atoms with E-state index in [9.17, 15) is 0 Å². The van der Waals surface area contributed by atoms with Crippen LogP contribution >= 0.6 is 23.9 Å². The minimum Gasteiger partial charge on any atom is -0.350 e. The summed E-state index contributed by atoms with van der Waals surface area (Å²) in [7, 11) is -0.481. The predicted octanol–water partition coefficient (Wildman–Crippen LogP) is 6.43. The fourth-order valence-electron chi connectivity index (χ4n) is 5.39. The van der Waals surface area contributed by atoms with Gasteiger partial charge in [-0.15, -0.1) is 0 Å². The quantitative estimate of drug-likeness (QED) is 0.290. The SMILES string of the molecule is BrC1(CCC2OCCO2)CCP(c2ccccc2)C1(c1ccccc1)c1ccccc1. The zero-order chi connectivity index (χ0) is 21.2. The van der Waals surface area contributed by atoms with Crippen molar-refractivity contribution in [1.82, 2.24) is 0 Å². The second-order valence-electron chi connectivity index (χ2n) is 8.35. The Balaban J connectivity index is 1.68. The van der Waals surface area contributed by atoms with Crippen molar-refractivity contribution < 1.29 is 9.47 Å². The number of hydrogen-bond acceptors (Lipinski definition) is 2. The average Bonchev–Trinajstić information content (AvgIpc) is 3.46. The molecule has 160 valence electrons. The maximum atomic E-state index is 5.81. The summed E-state index contributed by atoms with van der Waals surface area (Å²) >= 11 is 4.39. The Morgan fingerprint density at radius 2 is 1.29 bits per heavy atom. The van der Waals surface area contributed by atoms with E-state index in [0.29, 0.717) is 13.2 Å². The van der Waals surface area contributed by atoms with Gasteiger partial charge >= 0.3 is 0 Å². The standard InChI is InChI=1S/C27H28BrO2P/c28-26(17-16-25-29-19-20-30-25)18-21-31(24-14-8-3-9-15-24)27(26,22-10-4-1-5-11-22)23-12-6-2-7-13-23/h1-15,25H,16-21H2. The summed E-state index contributed by atoms with van der Waals surface area (Å²) in [6.07, 6.45) is 4.16. The summed E-state index contributed by atoms with van der Waals surface area (Å²) in [5.74, 6) is 0. The van der Waals surface area contributed by atoms with E-state index in [0.717, 1.165) is 19.3 Å². The zero-order valence-electron chi connectivity index (χ0n) is 17.6. The Morgan fingerprint density at radius 1 is 0.774 bits per heavy atom. The van der Waals surface area contributed by atoms with Crippen molar-refractivity contribution in [2.45, 2.75) is 35.0 Å². The van der Waals surface area contributed by atoms with Crippen LogP contribution in [0.5, 0.6) is 0 Å². The van der Waals surface area contributed by atoms with Crippen molar-refractivity contribution in [1.29, 1.82) is 0 Å². The van der Waals surface area contributed by atoms with E-state index in [4.69, 9.17) is 9.47 Å². The van der Waals surface area contributed by atoms with Crippen LogP contribution < -0.4 is 5.30 Å². The minimum atomic E-state index is -0.481. The number of ether oxygens (including phenoxy) is 2. The van der Waals surface area contributed by atoms with Crippen molar-refractivity contribution in [3.63, 3.8) is 0 Å².